The number of hydrogen-bond acceptors (Lipinski definition) is 6. The van der Waals surface area contributed by atoms with Crippen LogP contribution in [0.5, 0.6) is 0 Å². The number of ether oxygens (including phenoxy) is 3. The van der Waals surface area contributed by atoms with Crippen LogP contribution in [0, 0.1) is 11.8 Å². The van der Waals surface area contributed by atoms with Gasteiger partial charge < -0.3 is 14.2 Å². The molecule has 1 saturated carbocycles. The summed E-state index contributed by atoms with van der Waals surface area (Å²) in [5.74, 6) is -3.17. The van der Waals surface area contributed by atoms with E-state index in [9.17, 15) is 14.4 Å². The van der Waals surface area contributed by atoms with Gasteiger partial charge >= 0.3 is 11.9 Å². The Bertz CT molecular complexity index is 382. The van der Waals surface area contributed by atoms with Crippen LogP contribution in [0.2, 0.25) is 0 Å². The van der Waals surface area contributed by atoms with Gasteiger partial charge in [-0.25, -0.2) is 0 Å². The molecule has 1 fully saturated rings. The Morgan fingerprint density at radius 3 is 2.37 bits per heavy atom. The number of methoxy groups -OCH3 is 2. The smallest absolute Gasteiger partial charge is 0.320 e. The second kappa shape index (κ2) is 6.92. The van der Waals surface area contributed by atoms with Gasteiger partial charge in [-0.15, -0.1) is 0 Å². The van der Waals surface area contributed by atoms with E-state index in [4.69, 9.17) is 4.74 Å². The summed E-state index contributed by atoms with van der Waals surface area (Å²) in [4.78, 5) is 35.2. The van der Waals surface area contributed by atoms with Gasteiger partial charge in [-0.2, -0.15) is 0 Å². The SMILES string of the molecule is CCO/C=C1\C(=O)CCC1C(C(=O)OC)C(=O)OC. The van der Waals surface area contributed by atoms with Crippen molar-refractivity contribution < 1.29 is 28.6 Å². The quantitative estimate of drug-likeness (QED) is 0.319. The molecule has 0 amide bonds. The van der Waals surface area contributed by atoms with Gasteiger partial charge in [-0.05, 0) is 13.3 Å². The molecule has 0 radical (unpaired) electrons. The van der Waals surface area contributed by atoms with Crippen LogP contribution < -0.4 is 0 Å². The zero-order valence-electron chi connectivity index (χ0n) is 11.3. The first kappa shape index (κ1) is 15.2. The van der Waals surface area contributed by atoms with Crippen LogP contribution in [-0.2, 0) is 28.6 Å². The van der Waals surface area contributed by atoms with Gasteiger partial charge in [0.1, 0.15) is 0 Å². The van der Waals surface area contributed by atoms with E-state index in [1.807, 2.05) is 0 Å². The molecular formula is C13H18O6. The molecule has 6 heteroatoms. The van der Waals surface area contributed by atoms with Gasteiger partial charge in [0.25, 0.3) is 0 Å². The molecule has 0 heterocycles. The monoisotopic (exact) mass is 270 g/mol. The summed E-state index contributed by atoms with van der Waals surface area (Å²) in [6, 6.07) is 0. The van der Waals surface area contributed by atoms with Crippen molar-refractivity contribution >= 4 is 17.7 Å². The predicted molar refractivity (Wildman–Crippen MR) is 65.0 cm³/mol. The summed E-state index contributed by atoms with van der Waals surface area (Å²) < 4.78 is 14.3. The summed E-state index contributed by atoms with van der Waals surface area (Å²) in [6.45, 7) is 2.19. The Labute approximate surface area is 111 Å². The minimum atomic E-state index is -1.12. The highest BCUT2D eigenvalue weighted by molar-refractivity contribution is 6.02. The first-order chi connectivity index (χ1) is 9.06. The molecule has 0 N–H and O–H groups in total. The van der Waals surface area contributed by atoms with Crippen LogP contribution >= 0.6 is 0 Å². The zero-order valence-corrected chi connectivity index (χ0v) is 11.3. The summed E-state index contributed by atoms with van der Waals surface area (Å²) in [6.07, 6.45) is 2.03. The minimum Gasteiger partial charge on any atom is -0.501 e. The van der Waals surface area contributed by atoms with Crippen molar-refractivity contribution in [2.24, 2.45) is 11.8 Å². The molecule has 1 rings (SSSR count). The molecule has 1 atom stereocenters. The largest absolute Gasteiger partial charge is 0.501 e. The summed E-state index contributed by atoms with van der Waals surface area (Å²) in [5, 5.41) is 0. The fraction of sp³-hybridized carbons (Fsp3) is 0.615. The maximum Gasteiger partial charge on any atom is 0.320 e. The molecule has 0 aromatic rings. The van der Waals surface area contributed by atoms with Crippen LogP contribution in [0.1, 0.15) is 19.8 Å². The topological polar surface area (TPSA) is 78.9 Å². The lowest BCUT2D eigenvalue weighted by Crippen LogP contribution is -2.33. The molecule has 6 nitrogen and oxygen atoms in total. The van der Waals surface area contributed by atoms with Crippen LogP contribution in [-0.4, -0.2) is 38.5 Å². The van der Waals surface area contributed by atoms with Crippen LogP contribution in [0.3, 0.4) is 0 Å². The molecule has 1 aliphatic rings. The number of hydrogen-bond donors (Lipinski definition) is 0. The van der Waals surface area contributed by atoms with E-state index in [0.717, 1.165) is 0 Å². The van der Waals surface area contributed by atoms with Crippen molar-refractivity contribution in [2.75, 3.05) is 20.8 Å². The van der Waals surface area contributed by atoms with E-state index < -0.39 is 23.8 Å². The summed E-state index contributed by atoms with van der Waals surface area (Å²) in [7, 11) is 2.39. The Balaban J connectivity index is 3.03. The molecule has 0 saturated heterocycles. The van der Waals surface area contributed by atoms with E-state index >= 15 is 0 Å². The van der Waals surface area contributed by atoms with Crippen LogP contribution in [0.15, 0.2) is 11.8 Å². The lowest BCUT2D eigenvalue weighted by Gasteiger charge is -2.19. The maximum atomic E-state index is 11.8. The second-order valence-electron chi connectivity index (χ2n) is 4.12. The van der Waals surface area contributed by atoms with Gasteiger partial charge in [0.15, 0.2) is 11.7 Å². The molecule has 106 valence electrons. The van der Waals surface area contributed by atoms with Crippen molar-refractivity contribution in [2.45, 2.75) is 19.8 Å². The molecule has 19 heavy (non-hydrogen) atoms. The molecule has 0 aromatic heterocycles. The van der Waals surface area contributed by atoms with Gasteiger partial charge in [0.05, 0.1) is 27.1 Å². The number of carbonyl (C=O) groups is 3. The molecule has 0 aromatic carbocycles. The fourth-order valence-electron chi connectivity index (χ4n) is 2.14. The highest BCUT2D eigenvalue weighted by Crippen LogP contribution is 2.35. The molecule has 0 bridgehead atoms. The van der Waals surface area contributed by atoms with Gasteiger partial charge in [-0.1, -0.05) is 0 Å². The molecular weight excluding hydrogens is 252 g/mol. The third-order valence-corrected chi connectivity index (χ3v) is 3.09. The van der Waals surface area contributed by atoms with Crippen molar-refractivity contribution in [3.05, 3.63) is 11.8 Å². The Morgan fingerprint density at radius 1 is 1.32 bits per heavy atom. The fourth-order valence-corrected chi connectivity index (χ4v) is 2.14. The number of allylic oxidation sites excluding steroid dienone is 1. The van der Waals surface area contributed by atoms with Gasteiger partial charge in [0.2, 0.25) is 0 Å². The van der Waals surface area contributed by atoms with Crippen molar-refractivity contribution in [1.29, 1.82) is 0 Å². The number of carbonyl (C=O) groups excluding carboxylic acids is 3. The Kier molecular flexibility index (Phi) is 5.54. The predicted octanol–water partition coefficient (Wildman–Crippen LogP) is 0.848. The van der Waals surface area contributed by atoms with Crippen molar-refractivity contribution in [3.8, 4) is 0 Å². The normalized spacial score (nSPS) is 20.7. The van der Waals surface area contributed by atoms with E-state index in [-0.39, 0.29) is 12.2 Å². The van der Waals surface area contributed by atoms with Gasteiger partial charge in [0, 0.05) is 17.9 Å². The van der Waals surface area contributed by atoms with Crippen LogP contribution in [0.25, 0.3) is 0 Å². The highest BCUT2D eigenvalue weighted by Gasteiger charge is 2.44. The molecule has 1 aliphatic carbocycles. The third-order valence-electron chi connectivity index (χ3n) is 3.09. The second-order valence-corrected chi connectivity index (χ2v) is 4.12. The Hall–Kier alpha value is -1.85. The number of ketones is 1. The first-order valence-corrected chi connectivity index (χ1v) is 6.07. The minimum absolute atomic E-state index is 0.115. The van der Waals surface area contributed by atoms with Gasteiger partial charge in [-0.3, -0.25) is 14.4 Å². The number of Topliss-reactive ketones (excluding diaryl/α,β-unsaturated/α-hetero) is 1. The lowest BCUT2D eigenvalue weighted by molar-refractivity contribution is -0.160. The standard InChI is InChI=1S/C13H18O6/c1-4-19-7-9-8(5-6-10(9)14)11(12(15)17-2)13(16)18-3/h7-8,11H,4-6H2,1-3H3/b9-7-. The summed E-state index contributed by atoms with van der Waals surface area (Å²) >= 11 is 0. The molecule has 0 spiro atoms. The molecule has 0 aliphatic heterocycles. The average Bonchev–Trinajstić information content (AvgIpc) is 2.77. The first-order valence-electron chi connectivity index (χ1n) is 6.07. The van der Waals surface area contributed by atoms with Crippen molar-refractivity contribution in [1.82, 2.24) is 0 Å². The van der Waals surface area contributed by atoms with E-state index in [2.05, 4.69) is 9.47 Å². The number of esters is 2. The highest BCUT2D eigenvalue weighted by atomic mass is 16.5. The molecule has 1 unspecified atom stereocenters. The number of rotatable bonds is 5. The van der Waals surface area contributed by atoms with E-state index in [1.54, 1.807) is 6.92 Å². The maximum absolute atomic E-state index is 11.8. The van der Waals surface area contributed by atoms with Crippen molar-refractivity contribution in [3.63, 3.8) is 0 Å². The van der Waals surface area contributed by atoms with E-state index in [1.165, 1.54) is 20.5 Å². The Morgan fingerprint density at radius 2 is 1.89 bits per heavy atom. The average molecular weight is 270 g/mol. The van der Waals surface area contributed by atoms with E-state index in [0.29, 0.717) is 18.6 Å². The zero-order chi connectivity index (χ0) is 14.4. The summed E-state index contributed by atoms with van der Waals surface area (Å²) in [5.41, 5.74) is 0.350. The third kappa shape index (κ3) is 3.33. The van der Waals surface area contributed by atoms with Crippen LogP contribution in [0.4, 0.5) is 0 Å². The lowest BCUT2D eigenvalue weighted by atomic mass is 9.88.